The average molecular weight is 198 g/mol. The van der Waals surface area contributed by atoms with E-state index in [0.717, 1.165) is 12.8 Å². The number of rotatable bonds is 5. The Morgan fingerprint density at radius 1 is 1.43 bits per heavy atom. The molecule has 0 radical (unpaired) electrons. The number of unbranched alkanes of at least 4 members (excludes halogenated alkanes) is 2. The SMILES string of the molecule is CCCCCC1CCC(=O)C(CO)C1. The molecule has 2 unspecified atom stereocenters. The maximum absolute atomic E-state index is 11.3. The second-order valence-corrected chi connectivity index (χ2v) is 4.48. The zero-order valence-electron chi connectivity index (χ0n) is 9.17. The van der Waals surface area contributed by atoms with Crippen LogP contribution in [-0.2, 0) is 4.79 Å². The van der Waals surface area contributed by atoms with Crippen LogP contribution in [0.1, 0.15) is 51.9 Å². The first-order valence-corrected chi connectivity index (χ1v) is 5.91. The molecular weight excluding hydrogens is 176 g/mol. The smallest absolute Gasteiger partial charge is 0.138 e. The van der Waals surface area contributed by atoms with Crippen molar-refractivity contribution < 1.29 is 9.90 Å². The van der Waals surface area contributed by atoms with Crippen LogP contribution in [-0.4, -0.2) is 17.5 Å². The molecule has 0 saturated heterocycles. The van der Waals surface area contributed by atoms with Gasteiger partial charge in [-0.15, -0.1) is 0 Å². The molecule has 0 heterocycles. The number of Topliss-reactive ketones (excluding diaryl/α,β-unsaturated/α-hetero) is 1. The zero-order valence-corrected chi connectivity index (χ0v) is 9.17. The van der Waals surface area contributed by atoms with Crippen LogP contribution >= 0.6 is 0 Å². The Bertz CT molecular complexity index is 177. The molecule has 0 spiro atoms. The summed E-state index contributed by atoms with van der Waals surface area (Å²) >= 11 is 0. The van der Waals surface area contributed by atoms with Crippen molar-refractivity contribution in [2.75, 3.05) is 6.61 Å². The first-order chi connectivity index (χ1) is 6.77. The van der Waals surface area contributed by atoms with Crippen LogP contribution in [0.15, 0.2) is 0 Å². The highest BCUT2D eigenvalue weighted by Gasteiger charge is 2.27. The van der Waals surface area contributed by atoms with Gasteiger partial charge in [0, 0.05) is 12.3 Å². The van der Waals surface area contributed by atoms with Gasteiger partial charge in [-0.2, -0.15) is 0 Å². The first-order valence-electron chi connectivity index (χ1n) is 5.91. The molecule has 0 aliphatic heterocycles. The lowest BCUT2D eigenvalue weighted by Gasteiger charge is -2.26. The number of ketones is 1. The number of carbonyl (C=O) groups excluding carboxylic acids is 1. The van der Waals surface area contributed by atoms with Gasteiger partial charge < -0.3 is 5.11 Å². The minimum atomic E-state index is -0.0459. The van der Waals surface area contributed by atoms with Gasteiger partial charge in [-0.05, 0) is 18.8 Å². The van der Waals surface area contributed by atoms with Crippen molar-refractivity contribution in [1.29, 1.82) is 0 Å². The molecule has 0 amide bonds. The lowest BCUT2D eigenvalue weighted by molar-refractivity contribution is -0.127. The Morgan fingerprint density at radius 2 is 2.21 bits per heavy atom. The lowest BCUT2D eigenvalue weighted by atomic mass is 9.78. The van der Waals surface area contributed by atoms with Crippen molar-refractivity contribution >= 4 is 5.78 Å². The van der Waals surface area contributed by atoms with E-state index in [1.54, 1.807) is 0 Å². The largest absolute Gasteiger partial charge is 0.396 e. The molecular formula is C12H22O2. The Hall–Kier alpha value is -0.370. The van der Waals surface area contributed by atoms with Gasteiger partial charge in [0.25, 0.3) is 0 Å². The first kappa shape index (κ1) is 11.7. The minimum absolute atomic E-state index is 0.0459. The standard InChI is InChI=1S/C12H22O2/c1-2-3-4-5-10-6-7-12(14)11(8-10)9-13/h10-11,13H,2-9H2,1H3. The number of aliphatic hydroxyl groups is 1. The summed E-state index contributed by atoms with van der Waals surface area (Å²) in [6, 6.07) is 0. The minimum Gasteiger partial charge on any atom is -0.396 e. The van der Waals surface area contributed by atoms with Gasteiger partial charge in [-0.25, -0.2) is 0 Å². The van der Waals surface area contributed by atoms with E-state index in [1.165, 1.54) is 25.7 Å². The van der Waals surface area contributed by atoms with E-state index in [-0.39, 0.29) is 18.3 Å². The molecule has 0 aromatic rings. The highest BCUT2D eigenvalue weighted by atomic mass is 16.3. The maximum Gasteiger partial charge on any atom is 0.138 e. The van der Waals surface area contributed by atoms with E-state index in [0.29, 0.717) is 12.3 Å². The number of hydrogen-bond acceptors (Lipinski definition) is 2. The monoisotopic (exact) mass is 198 g/mol. The second-order valence-electron chi connectivity index (χ2n) is 4.48. The Kier molecular flexibility index (Phi) is 5.16. The predicted octanol–water partition coefficient (Wildman–Crippen LogP) is 2.54. The third-order valence-electron chi connectivity index (χ3n) is 3.31. The van der Waals surface area contributed by atoms with Gasteiger partial charge in [0.15, 0.2) is 0 Å². The fraction of sp³-hybridized carbons (Fsp3) is 0.917. The molecule has 1 saturated carbocycles. The molecule has 2 nitrogen and oxygen atoms in total. The Labute approximate surface area is 86.7 Å². The molecule has 1 rings (SSSR count). The van der Waals surface area contributed by atoms with E-state index in [1.807, 2.05) is 0 Å². The van der Waals surface area contributed by atoms with Crippen molar-refractivity contribution in [1.82, 2.24) is 0 Å². The molecule has 1 aliphatic carbocycles. The van der Waals surface area contributed by atoms with E-state index >= 15 is 0 Å². The number of hydrogen-bond donors (Lipinski definition) is 1. The summed E-state index contributed by atoms with van der Waals surface area (Å²) in [5, 5.41) is 9.03. The van der Waals surface area contributed by atoms with Gasteiger partial charge >= 0.3 is 0 Å². The quantitative estimate of drug-likeness (QED) is 0.689. The molecule has 0 aromatic heterocycles. The zero-order chi connectivity index (χ0) is 10.4. The van der Waals surface area contributed by atoms with Crippen LogP contribution in [0.5, 0.6) is 0 Å². The van der Waals surface area contributed by atoms with E-state index < -0.39 is 0 Å². The highest BCUT2D eigenvalue weighted by Crippen LogP contribution is 2.29. The van der Waals surface area contributed by atoms with Crippen LogP contribution < -0.4 is 0 Å². The highest BCUT2D eigenvalue weighted by molar-refractivity contribution is 5.81. The molecule has 0 aromatic carbocycles. The van der Waals surface area contributed by atoms with Gasteiger partial charge in [0.2, 0.25) is 0 Å². The summed E-state index contributed by atoms with van der Waals surface area (Å²) in [5.41, 5.74) is 0. The van der Waals surface area contributed by atoms with Crippen molar-refractivity contribution in [3.8, 4) is 0 Å². The summed E-state index contributed by atoms with van der Waals surface area (Å²) in [7, 11) is 0. The van der Waals surface area contributed by atoms with Crippen LogP contribution in [0.25, 0.3) is 0 Å². The maximum atomic E-state index is 11.3. The second kappa shape index (κ2) is 6.18. The molecule has 82 valence electrons. The van der Waals surface area contributed by atoms with E-state index in [9.17, 15) is 4.79 Å². The van der Waals surface area contributed by atoms with Crippen molar-refractivity contribution in [3.05, 3.63) is 0 Å². The molecule has 1 aliphatic rings. The van der Waals surface area contributed by atoms with Crippen molar-refractivity contribution in [2.45, 2.75) is 51.9 Å². The predicted molar refractivity (Wildman–Crippen MR) is 57.1 cm³/mol. The Morgan fingerprint density at radius 3 is 2.86 bits per heavy atom. The van der Waals surface area contributed by atoms with Crippen molar-refractivity contribution in [2.24, 2.45) is 11.8 Å². The third-order valence-corrected chi connectivity index (χ3v) is 3.31. The molecule has 2 heteroatoms. The van der Waals surface area contributed by atoms with Gasteiger partial charge in [-0.1, -0.05) is 32.6 Å². The third kappa shape index (κ3) is 3.41. The molecule has 2 atom stereocenters. The lowest BCUT2D eigenvalue weighted by Crippen LogP contribution is -2.27. The molecule has 0 bridgehead atoms. The summed E-state index contributed by atoms with van der Waals surface area (Å²) in [6.45, 7) is 2.27. The number of aliphatic hydroxyl groups excluding tert-OH is 1. The van der Waals surface area contributed by atoms with E-state index in [4.69, 9.17) is 5.11 Å². The van der Waals surface area contributed by atoms with Crippen LogP contribution in [0.3, 0.4) is 0 Å². The summed E-state index contributed by atoms with van der Waals surface area (Å²) in [4.78, 5) is 11.3. The molecule has 1 fully saturated rings. The van der Waals surface area contributed by atoms with Crippen LogP contribution in [0, 0.1) is 11.8 Å². The normalized spacial score (nSPS) is 28.0. The molecule has 14 heavy (non-hydrogen) atoms. The van der Waals surface area contributed by atoms with Gasteiger partial charge in [-0.3, -0.25) is 4.79 Å². The van der Waals surface area contributed by atoms with E-state index in [2.05, 4.69) is 6.92 Å². The summed E-state index contributed by atoms with van der Waals surface area (Å²) in [6.07, 6.45) is 7.77. The number of carbonyl (C=O) groups is 1. The summed E-state index contributed by atoms with van der Waals surface area (Å²) < 4.78 is 0. The van der Waals surface area contributed by atoms with Crippen molar-refractivity contribution in [3.63, 3.8) is 0 Å². The fourth-order valence-corrected chi connectivity index (χ4v) is 2.32. The summed E-state index contributed by atoms with van der Waals surface area (Å²) in [5.74, 6) is 0.922. The molecule has 1 N–H and O–H groups in total. The van der Waals surface area contributed by atoms with Gasteiger partial charge in [0.1, 0.15) is 5.78 Å². The fourth-order valence-electron chi connectivity index (χ4n) is 2.32. The van der Waals surface area contributed by atoms with Crippen LogP contribution in [0.4, 0.5) is 0 Å². The van der Waals surface area contributed by atoms with Gasteiger partial charge in [0.05, 0.1) is 6.61 Å². The average Bonchev–Trinajstić information content (AvgIpc) is 2.21. The van der Waals surface area contributed by atoms with Crippen LogP contribution in [0.2, 0.25) is 0 Å². The topological polar surface area (TPSA) is 37.3 Å². The Balaban J connectivity index is 2.24.